The summed E-state index contributed by atoms with van der Waals surface area (Å²) in [5.74, 6) is -0.0905. The Bertz CT molecular complexity index is 825. The van der Waals surface area contributed by atoms with E-state index in [0.717, 1.165) is 19.9 Å². The molecule has 2 aromatic heterocycles. The van der Waals surface area contributed by atoms with Gasteiger partial charge in [-0.25, -0.2) is 0 Å². The topological polar surface area (TPSA) is 34.4 Å². The number of para-hydroxylation sites is 1. The lowest BCUT2D eigenvalue weighted by molar-refractivity contribution is -0.117. The summed E-state index contributed by atoms with van der Waals surface area (Å²) < 4.78 is 3.16. The van der Waals surface area contributed by atoms with Crippen LogP contribution >= 0.6 is 22.7 Å². The van der Waals surface area contributed by atoms with Gasteiger partial charge in [0.2, 0.25) is 0 Å². The van der Waals surface area contributed by atoms with Gasteiger partial charge in [0.15, 0.2) is 4.80 Å². The molecule has 0 unspecified atom stereocenters. The molecule has 20 heavy (non-hydrogen) atoms. The fraction of sp³-hybridized carbons (Fsp3) is 0.200. The molecule has 0 aliphatic heterocycles. The number of hydrogen-bond donors (Lipinski definition) is 0. The van der Waals surface area contributed by atoms with Crippen LogP contribution in [0.3, 0.4) is 0 Å². The average molecular weight is 302 g/mol. The lowest BCUT2D eigenvalue weighted by Gasteiger charge is -1.98. The number of nitrogens with zero attached hydrogens (tertiary/aromatic N) is 2. The van der Waals surface area contributed by atoms with Gasteiger partial charge >= 0.3 is 0 Å². The van der Waals surface area contributed by atoms with Gasteiger partial charge in [0.1, 0.15) is 0 Å². The number of benzene rings is 1. The quantitative estimate of drug-likeness (QED) is 0.715. The molecule has 0 atom stereocenters. The number of aryl methyl sites for hydroxylation is 2. The summed E-state index contributed by atoms with van der Waals surface area (Å²) in [6.45, 7) is 2.08. The number of thiophene rings is 1. The molecule has 0 saturated heterocycles. The zero-order valence-corrected chi connectivity index (χ0v) is 12.9. The number of rotatable bonds is 2. The van der Waals surface area contributed by atoms with E-state index in [4.69, 9.17) is 0 Å². The Labute approximate surface area is 124 Å². The Morgan fingerprint density at radius 1 is 1.30 bits per heavy atom. The molecule has 2 heterocycles. The molecular weight excluding hydrogens is 288 g/mol. The standard InChI is InChI=1S/C15H14N2OS2/c1-10-5-3-7-12-14(10)17(2)15(20-12)16-13(18)9-11-6-4-8-19-11/h3-8H,9H2,1-2H3. The van der Waals surface area contributed by atoms with Crippen molar-refractivity contribution in [1.82, 2.24) is 4.57 Å². The third-order valence-electron chi connectivity index (χ3n) is 3.15. The van der Waals surface area contributed by atoms with E-state index in [9.17, 15) is 4.79 Å². The summed E-state index contributed by atoms with van der Waals surface area (Å²) in [7, 11) is 1.96. The summed E-state index contributed by atoms with van der Waals surface area (Å²) in [4.78, 5) is 18.1. The minimum absolute atomic E-state index is 0.0905. The molecule has 3 nitrogen and oxygen atoms in total. The molecule has 0 N–H and O–H groups in total. The van der Waals surface area contributed by atoms with Gasteiger partial charge in [-0.2, -0.15) is 4.99 Å². The predicted octanol–water partition coefficient (Wildman–Crippen LogP) is 3.28. The zero-order valence-electron chi connectivity index (χ0n) is 11.3. The van der Waals surface area contributed by atoms with E-state index in [0.29, 0.717) is 6.42 Å². The summed E-state index contributed by atoms with van der Waals surface area (Å²) in [6, 6.07) is 10.1. The summed E-state index contributed by atoms with van der Waals surface area (Å²) >= 11 is 3.15. The van der Waals surface area contributed by atoms with Gasteiger partial charge in [-0.3, -0.25) is 4.79 Å². The number of carbonyl (C=O) groups excluding carboxylic acids is 1. The Morgan fingerprint density at radius 3 is 2.85 bits per heavy atom. The average Bonchev–Trinajstić information content (AvgIpc) is 3.00. The molecule has 1 aromatic carbocycles. The van der Waals surface area contributed by atoms with Gasteiger partial charge in [-0.05, 0) is 30.0 Å². The number of aromatic nitrogens is 1. The van der Waals surface area contributed by atoms with Crippen molar-refractivity contribution in [3.05, 3.63) is 51.0 Å². The van der Waals surface area contributed by atoms with Crippen LogP contribution in [0.4, 0.5) is 0 Å². The highest BCUT2D eigenvalue weighted by molar-refractivity contribution is 7.16. The first-order valence-corrected chi connectivity index (χ1v) is 8.00. The molecule has 0 spiro atoms. The molecule has 1 amide bonds. The SMILES string of the molecule is Cc1cccc2sc(=NC(=O)Cc3cccs3)n(C)c12. The molecule has 102 valence electrons. The second kappa shape index (κ2) is 5.34. The first kappa shape index (κ1) is 13.3. The van der Waals surface area contributed by atoms with Gasteiger partial charge in [-0.1, -0.05) is 29.5 Å². The fourth-order valence-electron chi connectivity index (χ4n) is 2.21. The molecule has 0 saturated carbocycles. The molecule has 0 bridgehead atoms. The van der Waals surface area contributed by atoms with Crippen LogP contribution in [0.5, 0.6) is 0 Å². The molecule has 0 radical (unpaired) electrons. The minimum Gasteiger partial charge on any atom is -0.319 e. The molecule has 0 aliphatic carbocycles. The second-order valence-electron chi connectivity index (χ2n) is 4.63. The number of carbonyl (C=O) groups is 1. The van der Waals surface area contributed by atoms with E-state index >= 15 is 0 Å². The second-order valence-corrected chi connectivity index (χ2v) is 6.67. The number of fused-ring (bicyclic) bond motifs is 1. The molecule has 5 heteroatoms. The fourth-order valence-corrected chi connectivity index (χ4v) is 4.02. The first-order chi connectivity index (χ1) is 9.65. The molecular formula is C15H14N2OS2. The van der Waals surface area contributed by atoms with Gasteiger partial charge in [0.05, 0.1) is 16.6 Å². The van der Waals surface area contributed by atoms with E-state index in [1.807, 2.05) is 35.2 Å². The van der Waals surface area contributed by atoms with Crippen LogP contribution in [0, 0.1) is 6.92 Å². The Morgan fingerprint density at radius 2 is 2.15 bits per heavy atom. The van der Waals surface area contributed by atoms with Crippen LogP contribution in [0.15, 0.2) is 40.7 Å². The normalized spacial score (nSPS) is 12.2. The van der Waals surface area contributed by atoms with Crippen molar-refractivity contribution in [3.63, 3.8) is 0 Å². The van der Waals surface area contributed by atoms with Crippen molar-refractivity contribution in [1.29, 1.82) is 0 Å². The number of amides is 1. The van der Waals surface area contributed by atoms with E-state index in [1.54, 1.807) is 22.7 Å². The van der Waals surface area contributed by atoms with Gasteiger partial charge in [0.25, 0.3) is 5.91 Å². The minimum atomic E-state index is -0.0905. The molecule has 3 rings (SSSR count). The predicted molar refractivity (Wildman–Crippen MR) is 84.1 cm³/mol. The lowest BCUT2D eigenvalue weighted by atomic mass is 10.2. The van der Waals surface area contributed by atoms with Crippen molar-refractivity contribution in [2.45, 2.75) is 13.3 Å². The maximum absolute atomic E-state index is 12.0. The smallest absolute Gasteiger partial charge is 0.253 e. The van der Waals surface area contributed by atoms with Crippen molar-refractivity contribution >= 4 is 38.8 Å². The monoisotopic (exact) mass is 302 g/mol. The van der Waals surface area contributed by atoms with Crippen LogP contribution in [-0.2, 0) is 18.3 Å². The highest BCUT2D eigenvalue weighted by atomic mass is 32.1. The van der Waals surface area contributed by atoms with Crippen LogP contribution in [0.2, 0.25) is 0 Å². The van der Waals surface area contributed by atoms with Crippen LogP contribution < -0.4 is 4.80 Å². The van der Waals surface area contributed by atoms with Crippen molar-refractivity contribution in [3.8, 4) is 0 Å². The maximum atomic E-state index is 12.0. The molecule has 0 fully saturated rings. The van der Waals surface area contributed by atoms with Crippen molar-refractivity contribution in [2.75, 3.05) is 0 Å². The van der Waals surface area contributed by atoms with Gasteiger partial charge < -0.3 is 4.57 Å². The Hall–Kier alpha value is -1.72. The summed E-state index contributed by atoms with van der Waals surface area (Å²) in [6.07, 6.45) is 0.380. The Balaban J connectivity index is 2.01. The largest absolute Gasteiger partial charge is 0.319 e. The van der Waals surface area contributed by atoms with E-state index in [2.05, 4.69) is 24.0 Å². The highest BCUT2D eigenvalue weighted by Gasteiger charge is 2.07. The third kappa shape index (κ3) is 2.46. The zero-order chi connectivity index (χ0) is 14.1. The summed E-state index contributed by atoms with van der Waals surface area (Å²) in [5.41, 5.74) is 2.36. The highest BCUT2D eigenvalue weighted by Crippen LogP contribution is 2.19. The van der Waals surface area contributed by atoms with Crippen molar-refractivity contribution < 1.29 is 4.79 Å². The van der Waals surface area contributed by atoms with Gasteiger partial charge in [-0.15, -0.1) is 11.3 Å². The Kier molecular flexibility index (Phi) is 3.54. The lowest BCUT2D eigenvalue weighted by Crippen LogP contribution is -2.14. The van der Waals surface area contributed by atoms with E-state index in [-0.39, 0.29) is 5.91 Å². The van der Waals surface area contributed by atoms with Crippen molar-refractivity contribution in [2.24, 2.45) is 12.0 Å². The van der Waals surface area contributed by atoms with E-state index in [1.165, 1.54) is 5.56 Å². The molecule has 3 aromatic rings. The van der Waals surface area contributed by atoms with Crippen LogP contribution in [0.1, 0.15) is 10.4 Å². The molecule has 0 aliphatic rings. The van der Waals surface area contributed by atoms with Gasteiger partial charge in [0, 0.05) is 11.9 Å². The van der Waals surface area contributed by atoms with Crippen LogP contribution in [-0.4, -0.2) is 10.5 Å². The first-order valence-electron chi connectivity index (χ1n) is 6.30. The van der Waals surface area contributed by atoms with Crippen LogP contribution in [0.25, 0.3) is 10.2 Å². The maximum Gasteiger partial charge on any atom is 0.253 e. The third-order valence-corrected chi connectivity index (χ3v) is 5.12. The summed E-state index contributed by atoms with van der Waals surface area (Å²) in [5, 5.41) is 1.98. The number of thiazole rings is 1. The number of hydrogen-bond acceptors (Lipinski definition) is 3. The van der Waals surface area contributed by atoms with E-state index < -0.39 is 0 Å².